The van der Waals surface area contributed by atoms with Gasteiger partial charge < -0.3 is 36.6 Å². The Morgan fingerprint density at radius 3 is 2.62 bits per heavy atom. The number of amides is 1. The van der Waals surface area contributed by atoms with Gasteiger partial charge in [0, 0.05) is 19.6 Å². The summed E-state index contributed by atoms with van der Waals surface area (Å²) < 4.78 is 7.02. The summed E-state index contributed by atoms with van der Waals surface area (Å²) in [4.78, 5) is 57.2. The van der Waals surface area contributed by atoms with Crippen molar-refractivity contribution in [1.29, 1.82) is 0 Å². The normalized spacial score (nSPS) is 22.2. The van der Waals surface area contributed by atoms with Gasteiger partial charge in [0.2, 0.25) is 11.9 Å². The first kappa shape index (κ1) is 23.1. The molecular formula is C19H22N8O7. The van der Waals surface area contributed by atoms with E-state index < -0.39 is 41.0 Å². The van der Waals surface area contributed by atoms with E-state index in [0.717, 1.165) is 6.08 Å². The van der Waals surface area contributed by atoms with E-state index in [1.165, 1.54) is 10.9 Å². The molecule has 4 rings (SSSR count). The van der Waals surface area contributed by atoms with Crippen molar-refractivity contribution in [2.24, 2.45) is 0 Å². The fourth-order valence-corrected chi connectivity index (χ4v) is 3.63. The molecule has 4 atom stereocenters. The summed E-state index contributed by atoms with van der Waals surface area (Å²) in [7, 11) is 0. The molecule has 2 aromatic heterocycles. The molecule has 0 spiro atoms. The summed E-state index contributed by atoms with van der Waals surface area (Å²) in [5.74, 6) is -0.534. The van der Waals surface area contributed by atoms with Crippen molar-refractivity contribution in [3.05, 3.63) is 49.8 Å². The molecule has 3 heterocycles. The zero-order chi connectivity index (χ0) is 24.6. The second kappa shape index (κ2) is 9.05. The molecule has 0 aliphatic carbocycles. The highest BCUT2D eigenvalue weighted by Crippen LogP contribution is 2.31. The van der Waals surface area contributed by atoms with Crippen LogP contribution in [-0.2, 0) is 9.53 Å². The summed E-state index contributed by atoms with van der Waals surface area (Å²) in [6.07, 6.45) is -2.57. The van der Waals surface area contributed by atoms with E-state index in [0.29, 0.717) is 0 Å². The number of imidazole rings is 1. The minimum absolute atomic E-state index is 0.00263. The molecule has 15 nitrogen and oxygen atoms in total. The van der Waals surface area contributed by atoms with Crippen LogP contribution in [0.2, 0.25) is 0 Å². The number of rotatable bonds is 9. The van der Waals surface area contributed by atoms with Crippen molar-refractivity contribution in [2.45, 2.75) is 24.5 Å². The molecule has 0 radical (unpaired) electrons. The van der Waals surface area contributed by atoms with Crippen LogP contribution in [-0.4, -0.2) is 73.6 Å². The molecule has 0 unspecified atom stereocenters. The van der Waals surface area contributed by atoms with Crippen LogP contribution in [0.25, 0.3) is 11.2 Å². The lowest BCUT2D eigenvalue weighted by atomic mass is 10.1. The Bertz CT molecular complexity index is 1370. The van der Waals surface area contributed by atoms with Crippen molar-refractivity contribution in [3.63, 3.8) is 0 Å². The molecule has 3 aromatic rings. The molecule has 34 heavy (non-hydrogen) atoms. The Kier molecular flexibility index (Phi) is 6.14. The minimum Gasteiger partial charge on any atom is -0.387 e. The molecule has 1 amide bonds. The molecule has 15 heteroatoms. The highest BCUT2D eigenvalue weighted by atomic mass is 16.6. The van der Waals surface area contributed by atoms with Gasteiger partial charge in [0.25, 0.3) is 16.4 Å². The number of nitrogen functional groups attached to an aromatic ring is 1. The SMILES string of the molecule is C=CC(=O)NCCNc1c(NC[C@H]2O[C@@H](n3cnc4c(=O)[nH]c(N)nc43)[C@H](O)[C@H]2O)c(=O)c1=O. The van der Waals surface area contributed by atoms with Crippen LogP contribution in [0.5, 0.6) is 0 Å². The summed E-state index contributed by atoms with van der Waals surface area (Å²) in [5.41, 5.74) is 3.62. The molecule has 1 fully saturated rings. The number of H-pyrrole nitrogens is 1. The van der Waals surface area contributed by atoms with Gasteiger partial charge in [-0.2, -0.15) is 4.98 Å². The van der Waals surface area contributed by atoms with E-state index in [1.807, 2.05) is 0 Å². The smallest absolute Gasteiger partial charge is 0.280 e. The van der Waals surface area contributed by atoms with Gasteiger partial charge in [-0.05, 0) is 6.08 Å². The van der Waals surface area contributed by atoms with E-state index in [1.54, 1.807) is 0 Å². The number of nitrogens with zero attached hydrogens (tertiary/aromatic N) is 3. The maximum atomic E-state index is 12.0. The number of hydrogen-bond acceptors (Lipinski definition) is 12. The topological polar surface area (TPSA) is 227 Å². The third-order valence-electron chi connectivity index (χ3n) is 5.36. The highest BCUT2D eigenvalue weighted by molar-refractivity contribution is 5.86. The number of nitrogens with one attached hydrogen (secondary N) is 4. The monoisotopic (exact) mass is 474 g/mol. The number of carbonyl (C=O) groups is 1. The number of carbonyl (C=O) groups excluding carboxylic acids is 1. The maximum Gasteiger partial charge on any atom is 0.280 e. The van der Waals surface area contributed by atoms with Crippen LogP contribution in [0.1, 0.15) is 6.23 Å². The van der Waals surface area contributed by atoms with Crippen LogP contribution >= 0.6 is 0 Å². The Morgan fingerprint density at radius 1 is 1.21 bits per heavy atom. The van der Waals surface area contributed by atoms with Crippen molar-refractivity contribution in [3.8, 4) is 0 Å². The first-order chi connectivity index (χ1) is 16.2. The lowest BCUT2D eigenvalue weighted by Gasteiger charge is -2.19. The molecule has 180 valence electrons. The third kappa shape index (κ3) is 4.02. The van der Waals surface area contributed by atoms with Crippen LogP contribution in [0.15, 0.2) is 33.4 Å². The molecule has 0 saturated carbocycles. The van der Waals surface area contributed by atoms with Gasteiger partial charge in [-0.1, -0.05) is 6.58 Å². The largest absolute Gasteiger partial charge is 0.387 e. The van der Waals surface area contributed by atoms with Crippen molar-refractivity contribution >= 4 is 34.4 Å². The fraction of sp³-hybridized carbons (Fsp3) is 0.368. The predicted octanol–water partition coefficient (Wildman–Crippen LogP) is -3.26. The quantitative estimate of drug-likeness (QED) is 0.0921. The highest BCUT2D eigenvalue weighted by Gasteiger charge is 2.44. The number of anilines is 3. The van der Waals surface area contributed by atoms with Gasteiger partial charge in [-0.25, -0.2) is 4.98 Å². The van der Waals surface area contributed by atoms with E-state index in [2.05, 4.69) is 37.5 Å². The van der Waals surface area contributed by atoms with Gasteiger partial charge in [-0.3, -0.25) is 28.7 Å². The minimum atomic E-state index is -1.41. The number of aliphatic hydroxyl groups is 2. The fourth-order valence-electron chi connectivity index (χ4n) is 3.63. The average Bonchev–Trinajstić information content (AvgIpc) is 3.35. The van der Waals surface area contributed by atoms with Crippen molar-refractivity contribution in [1.82, 2.24) is 24.8 Å². The second-order valence-corrected chi connectivity index (χ2v) is 7.53. The number of ether oxygens (including phenoxy) is 1. The standard InChI is InChI=1S/C19H22N8O7/c1-2-8(28)21-3-4-22-9-10(14(31)13(9)30)23-5-7-12(29)15(32)18(34-7)27-6-24-11-16(27)25-19(20)26-17(11)33/h2,6-7,12,15,18,22-23,29,32H,1,3-5H2,(H,21,28)(H3,20,25,26,33)/t7-,12+,15-,18-/m1/s1. The Labute approximate surface area is 190 Å². The summed E-state index contributed by atoms with van der Waals surface area (Å²) in [5, 5.41) is 29.0. The molecule has 1 saturated heterocycles. The van der Waals surface area contributed by atoms with Gasteiger partial charge in [0.05, 0.1) is 6.33 Å². The lowest BCUT2D eigenvalue weighted by Crippen LogP contribution is -2.41. The van der Waals surface area contributed by atoms with E-state index in [4.69, 9.17) is 10.5 Å². The Hall–Kier alpha value is -4.08. The number of aliphatic hydroxyl groups excluding tert-OH is 2. The van der Waals surface area contributed by atoms with E-state index in [-0.39, 0.29) is 54.0 Å². The number of aromatic nitrogens is 4. The summed E-state index contributed by atoms with van der Waals surface area (Å²) in [6.45, 7) is 3.58. The number of hydrogen-bond donors (Lipinski definition) is 7. The molecule has 8 N–H and O–H groups in total. The number of aromatic amines is 1. The van der Waals surface area contributed by atoms with E-state index in [9.17, 15) is 29.4 Å². The van der Waals surface area contributed by atoms with Crippen molar-refractivity contribution < 1.29 is 19.7 Å². The molecular weight excluding hydrogens is 452 g/mol. The van der Waals surface area contributed by atoms with Crippen molar-refractivity contribution in [2.75, 3.05) is 36.0 Å². The van der Waals surface area contributed by atoms with Crippen LogP contribution in [0.4, 0.5) is 17.3 Å². The summed E-state index contributed by atoms with van der Waals surface area (Å²) in [6, 6.07) is 0. The molecule has 1 aliphatic rings. The number of fused-ring (bicyclic) bond motifs is 1. The Morgan fingerprint density at radius 2 is 1.91 bits per heavy atom. The zero-order valence-corrected chi connectivity index (χ0v) is 17.6. The average molecular weight is 474 g/mol. The molecule has 1 aromatic carbocycles. The second-order valence-electron chi connectivity index (χ2n) is 7.53. The number of nitrogens with two attached hydrogens (primary N) is 1. The van der Waals surface area contributed by atoms with Crippen LogP contribution in [0.3, 0.4) is 0 Å². The maximum absolute atomic E-state index is 12.0. The first-order valence-corrected chi connectivity index (χ1v) is 10.2. The first-order valence-electron chi connectivity index (χ1n) is 10.2. The third-order valence-corrected chi connectivity index (χ3v) is 5.36. The molecule has 1 aliphatic heterocycles. The summed E-state index contributed by atoms with van der Waals surface area (Å²) >= 11 is 0. The Balaban J connectivity index is 1.43. The predicted molar refractivity (Wildman–Crippen MR) is 120 cm³/mol. The van der Waals surface area contributed by atoms with Gasteiger partial charge in [-0.15, -0.1) is 0 Å². The van der Waals surface area contributed by atoms with Gasteiger partial charge in [0.1, 0.15) is 29.7 Å². The zero-order valence-electron chi connectivity index (χ0n) is 17.6. The van der Waals surface area contributed by atoms with Crippen LogP contribution < -0.4 is 38.1 Å². The molecule has 0 bridgehead atoms. The van der Waals surface area contributed by atoms with Gasteiger partial charge >= 0.3 is 0 Å². The van der Waals surface area contributed by atoms with Crippen LogP contribution in [0, 0.1) is 0 Å². The van der Waals surface area contributed by atoms with E-state index >= 15 is 0 Å². The lowest BCUT2D eigenvalue weighted by molar-refractivity contribution is -0.116. The van der Waals surface area contributed by atoms with Gasteiger partial charge in [0.15, 0.2) is 17.4 Å².